The van der Waals surface area contributed by atoms with Crippen molar-refractivity contribution in [1.29, 1.82) is 0 Å². The highest BCUT2D eigenvalue weighted by Crippen LogP contribution is 2.24. The van der Waals surface area contributed by atoms with Gasteiger partial charge in [0, 0.05) is 25.8 Å². The number of hydrogen-bond donors (Lipinski definition) is 2. The molecule has 8 heteroatoms. The fraction of sp³-hybridized carbons (Fsp3) is 0.462. The maximum atomic E-state index is 12.2. The minimum Gasteiger partial charge on any atom is -0.496 e. The zero-order chi connectivity index (χ0) is 15.8. The number of amides is 1. The molecule has 0 aromatic heterocycles. The highest BCUT2D eigenvalue weighted by molar-refractivity contribution is 5.97. The Morgan fingerprint density at radius 3 is 2.71 bits per heavy atom. The summed E-state index contributed by atoms with van der Waals surface area (Å²) in [5.41, 5.74) is -0.142. The van der Waals surface area contributed by atoms with Crippen LogP contribution in [0.4, 0.5) is 5.69 Å². The second-order valence-corrected chi connectivity index (χ2v) is 4.28. The second-order valence-electron chi connectivity index (χ2n) is 4.28. The van der Waals surface area contributed by atoms with E-state index in [0.29, 0.717) is 6.42 Å². The van der Waals surface area contributed by atoms with Crippen molar-refractivity contribution in [3.8, 4) is 5.75 Å². The molecule has 2 N–H and O–H groups in total. The Labute approximate surface area is 121 Å². The molecule has 1 amide bonds. The van der Waals surface area contributed by atoms with E-state index >= 15 is 0 Å². The van der Waals surface area contributed by atoms with Gasteiger partial charge in [0.1, 0.15) is 5.75 Å². The summed E-state index contributed by atoms with van der Waals surface area (Å²) >= 11 is 0. The van der Waals surface area contributed by atoms with Gasteiger partial charge in [0.2, 0.25) is 0 Å². The molecule has 1 aromatic carbocycles. The lowest BCUT2D eigenvalue weighted by Gasteiger charge is -2.17. The number of benzene rings is 1. The zero-order valence-electron chi connectivity index (χ0n) is 11.9. The van der Waals surface area contributed by atoms with Gasteiger partial charge in [0.05, 0.1) is 30.2 Å². The third-order valence-corrected chi connectivity index (χ3v) is 2.82. The number of rotatable bonds is 8. The average Bonchev–Trinajstić information content (AvgIpc) is 2.46. The maximum absolute atomic E-state index is 12.2. The van der Waals surface area contributed by atoms with Gasteiger partial charge in [-0.25, -0.2) is 0 Å². The van der Waals surface area contributed by atoms with Gasteiger partial charge in [0.15, 0.2) is 0 Å². The molecule has 0 saturated carbocycles. The van der Waals surface area contributed by atoms with Crippen LogP contribution in [0, 0.1) is 10.1 Å². The summed E-state index contributed by atoms with van der Waals surface area (Å²) < 4.78 is 9.99. The largest absolute Gasteiger partial charge is 0.496 e. The minimum atomic E-state index is -0.587. The molecule has 0 heterocycles. The van der Waals surface area contributed by atoms with E-state index in [1.54, 1.807) is 0 Å². The molecule has 1 unspecified atom stereocenters. The number of methoxy groups -OCH3 is 2. The van der Waals surface area contributed by atoms with Gasteiger partial charge in [-0.05, 0) is 12.5 Å². The predicted octanol–water partition coefficient (Wildman–Crippen LogP) is 0.731. The van der Waals surface area contributed by atoms with Crippen molar-refractivity contribution < 1.29 is 24.3 Å². The molecule has 0 aliphatic heterocycles. The first-order chi connectivity index (χ1) is 10.0. The van der Waals surface area contributed by atoms with Gasteiger partial charge < -0.3 is 19.9 Å². The number of carbonyl (C=O) groups excluding carboxylic acids is 1. The van der Waals surface area contributed by atoms with E-state index in [9.17, 15) is 14.9 Å². The van der Waals surface area contributed by atoms with Gasteiger partial charge in [-0.2, -0.15) is 0 Å². The Morgan fingerprint density at radius 2 is 2.19 bits per heavy atom. The van der Waals surface area contributed by atoms with E-state index in [0.717, 1.165) is 6.07 Å². The lowest BCUT2D eigenvalue weighted by atomic mass is 10.1. The van der Waals surface area contributed by atoms with Crippen LogP contribution in [-0.2, 0) is 4.74 Å². The first-order valence-electron chi connectivity index (χ1n) is 6.26. The van der Waals surface area contributed by atoms with Crippen LogP contribution < -0.4 is 10.1 Å². The molecule has 0 aliphatic rings. The smallest absolute Gasteiger partial charge is 0.270 e. The Morgan fingerprint density at radius 1 is 1.48 bits per heavy atom. The number of nitro benzene ring substituents is 1. The van der Waals surface area contributed by atoms with Crippen LogP contribution in [0.5, 0.6) is 5.75 Å². The number of ether oxygens (including phenoxy) is 2. The highest BCUT2D eigenvalue weighted by atomic mass is 16.6. The average molecular weight is 298 g/mol. The summed E-state index contributed by atoms with van der Waals surface area (Å²) in [4.78, 5) is 22.4. The fourth-order valence-corrected chi connectivity index (χ4v) is 1.80. The van der Waals surface area contributed by atoms with E-state index in [2.05, 4.69) is 5.32 Å². The molecule has 0 aliphatic carbocycles. The summed E-state index contributed by atoms with van der Waals surface area (Å²) in [7, 11) is 2.85. The quantitative estimate of drug-likeness (QED) is 0.540. The molecule has 1 rings (SSSR count). The highest BCUT2D eigenvalue weighted by Gasteiger charge is 2.20. The van der Waals surface area contributed by atoms with Crippen molar-refractivity contribution in [3.05, 3.63) is 33.9 Å². The number of non-ortho nitro benzene ring substituents is 1. The van der Waals surface area contributed by atoms with Crippen LogP contribution in [-0.4, -0.2) is 49.4 Å². The predicted molar refractivity (Wildman–Crippen MR) is 74.5 cm³/mol. The number of aliphatic hydroxyl groups is 1. The first kappa shape index (κ1) is 16.9. The number of aliphatic hydroxyl groups excluding tert-OH is 1. The molecule has 0 fully saturated rings. The Bertz CT molecular complexity index is 499. The minimum absolute atomic E-state index is 0.0609. The lowest BCUT2D eigenvalue weighted by molar-refractivity contribution is -0.384. The Balaban J connectivity index is 2.98. The van der Waals surface area contributed by atoms with Crippen molar-refractivity contribution in [1.82, 2.24) is 5.32 Å². The van der Waals surface area contributed by atoms with Crippen LogP contribution in [0.15, 0.2) is 18.2 Å². The van der Waals surface area contributed by atoms with Crippen molar-refractivity contribution in [3.63, 3.8) is 0 Å². The van der Waals surface area contributed by atoms with E-state index < -0.39 is 16.9 Å². The summed E-state index contributed by atoms with van der Waals surface area (Å²) in [5.74, 6) is -0.288. The summed E-state index contributed by atoms with van der Waals surface area (Å²) in [6.45, 7) is 0.115. The number of carbonyl (C=O) groups is 1. The van der Waals surface area contributed by atoms with Crippen molar-refractivity contribution >= 4 is 11.6 Å². The van der Waals surface area contributed by atoms with Crippen LogP contribution >= 0.6 is 0 Å². The van der Waals surface area contributed by atoms with Crippen LogP contribution in [0.25, 0.3) is 0 Å². The normalized spacial score (nSPS) is 11.8. The van der Waals surface area contributed by atoms with Crippen LogP contribution in [0.2, 0.25) is 0 Å². The molecular formula is C13H18N2O6. The van der Waals surface area contributed by atoms with Crippen LogP contribution in [0.3, 0.4) is 0 Å². The third-order valence-electron chi connectivity index (χ3n) is 2.82. The van der Waals surface area contributed by atoms with E-state index in [-0.39, 0.29) is 30.2 Å². The molecule has 8 nitrogen and oxygen atoms in total. The topological polar surface area (TPSA) is 111 Å². The fourth-order valence-electron chi connectivity index (χ4n) is 1.80. The standard InChI is InChI=1S/C13H18N2O6/c1-20-8-9(5-6-16)14-13(17)11-7-10(15(18)19)3-4-12(11)21-2/h3-4,7,9,16H,5-6,8H2,1-2H3,(H,14,17). The monoisotopic (exact) mass is 298 g/mol. The number of nitro groups is 1. The Hall–Kier alpha value is -2.19. The van der Waals surface area contributed by atoms with Gasteiger partial charge in [-0.3, -0.25) is 14.9 Å². The van der Waals surface area contributed by atoms with E-state index in [1.165, 1.54) is 26.4 Å². The van der Waals surface area contributed by atoms with Gasteiger partial charge in [0.25, 0.3) is 11.6 Å². The van der Waals surface area contributed by atoms with Crippen molar-refractivity contribution in [2.24, 2.45) is 0 Å². The molecule has 0 radical (unpaired) electrons. The first-order valence-corrected chi connectivity index (χ1v) is 6.26. The zero-order valence-corrected chi connectivity index (χ0v) is 11.9. The number of hydrogen-bond acceptors (Lipinski definition) is 6. The summed E-state index contributed by atoms with van der Waals surface area (Å²) in [5, 5.41) is 22.4. The summed E-state index contributed by atoms with van der Waals surface area (Å²) in [6.07, 6.45) is 0.316. The number of nitrogens with zero attached hydrogens (tertiary/aromatic N) is 1. The van der Waals surface area contributed by atoms with Crippen LogP contribution in [0.1, 0.15) is 16.8 Å². The van der Waals surface area contributed by atoms with E-state index in [4.69, 9.17) is 14.6 Å². The maximum Gasteiger partial charge on any atom is 0.270 e. The molecule has 116 valence electrons. The third kappa shape index (κ3) is 4.69. The van der Waals surface area contributed by atoms with Crippen molar-refractivity contribution in [2.45, 2.75) is 12.5 Å². The van der Waals surface area contributed by atoms with Gasteiger partial charge in [-0.15, -0.1) is 0 Å². The number of nitrogens with one attached hydrogen (secondary N) is 1. The van der Waals surface area contributed by atoms with Crippen molar-refractivity contribution in [2.75, 3.05) is 27.4 Å². The molecular weight excluding hydrogens is 280 g/mol. The SMILES string of the molecule is COCC(CCO)NC(=O)c1cc([N+](=O)[O-])ccc1OC. The second kappa shape index (κ2) is 8.18. The Kier molecular flexibility index (Phi) is 6.57. The van der Waals surface area contributed by atoms with E-state index in [1.807, 2.05) is 0 Å². The van der Waals surface area contributed by atoms with Gasteiger partial charge >= 0.3 is 0 Å². The lowest BCUT2D eigenvalue weighted by Crippen LogP contribution is -2.38. The summed E-state index contributed by atoms with van der Waals surface area (Å²) in [6, 6.07) is 3.38. The molecule has 0 bridgehead atoms. The molecule has 1 atom stereocenters. The molecule has 21 heavy (non-hydrogen) atoms. The van der Waals surface area contributed by atoms with Gasteiger partial charge in [-0.1, -0.05) is 0 Å². The molecule has 0 saturated heterocycles. The molecule has 1 aromatic rings. The molecule has 0 spiro atoms.